The second-order valence-electron chi connectivity index (χ2n) is 5.55. The molecular weight excluding hydrogens is 257 g/mol. The van der Waals surface area contributed by atoms with Gasteiger partial charge in [-0.05, 0) is 48.9 Å². The van der Waals surface area contributed by atoms with E-state index in [0.717, 1.165) is 31.2 Å². The first-order valence-electron chi connectivity index (χ1n) is 7.20. The van der Waals surface area contributed by atoms with Crippen molar-refractivity contribution in [3.63, 3.8) is 0 Å². The van der Waals surface area contributed by atoms with Gasteiger partial charge in [-0.2, -0.15) is 0 Å². The summed E-state index contributed by atoms with van der Waals surface area (Å²) in [5.41, 5.74) is 6.93. The normalized spacial score (nSPS) is 20.8. The molecule has 1 aromatic carbocycles. The van der Waals surface area contributed by atoms with Crippen molar-refractivity contribution in [2.24, 2.45) is 11.7 Å². The highest BCUT2D eigenvalue weighted by molar-refractivity contribution is 5.22. The number of ether oxygens (including phenoxy) is 2. The van der Waals surface area contributed by atoms with Crippen LogP contribution < -0.4 is 5.73 Å². The van der Waals surface area contributed by atoms with Crippen LogP contribution in [0.25, 0.3) is 0 Å². The minimum Gasteiger partial charge on any atom is -0.353 e. The molecule has 1 aliphatic rings. The van der Waals surface area contributed by atoms with Gasteiger partial charge in [0.1, 0.15) is 5.82 Å². The molecule has 1 unspecified atom stereocenters. The van der Waals surface area contributed by atoms with E-state index in [4.69, 9.17) is 15.2 Å². The first-order valence-corrected chi connectivity index (χ1v) is 7.20. The van der Waals surface area contributed by atoms with Crippen molar-refractivity contribution in [1.82, 2.24) is 0 Å². The first kappa shape index (κ1) is 15.4. The topological polar surface area (TPSA) is 44.5 Å². The van der Waals surface area contributed by atoms with Gasteiger partial charge < -0.3 is 15.2 Å². The standard InChI is InChI=1S/C16H24FNO2/c1-19-16(20-2)8-6-12(7-9-16)15(11-18)13-4-3-5-14(17)10-13/h3-5,10,12,15H,6-9,11,18H2,1-2H3. The van der Waals surface area contributed by atoms with Crippen LogP contribution in [0.5, 0.6) is 0 Å². The lowest BCUT2D eigenvalue weighted by Gasteiger charge is -2.40. The number of rotatable bonds is 5. The first-order chi connectivity index (χ1) is 9.64. The van der Waals surface area contributed by atoms with E-state index in [1.54, 1.807) is 26.4 Å². The van der Waals surface area contributed by atoms with Crippen molar-refractivity contribution in [2.45, 2.75) is 37.4 Å². The quantitative estimate of drug-likeness (QED) is 0.844. The number of methoxy groups -OCH3 is 2. The summed E-state index contributed by atoms with van der Waals surface area (Å²) in [4.78, 5) is 0. The molecule has 1 atom stereocenters. The third-order valence-electron chi connectivity index (χ3n) is 4.64. The van der Waals surface area contributed by atoms with Gasteiger partial charge in [0.2, 0.25) is 0 Å². The van der Waals surface area contributed by atoms with Crippen molar-refractivity contribution in [1.29, 1.82) is 0 Å². The summed E-state index contributed by atoms with van der Waals surface area (Å²) in [6, 6.07) is 6.80. The Morgan fingerprint density at radius 2 is 1.95 bits per heavy atom. The van der Waals surface area contributed by atoms with E-state index in [-0.39, 0.29) is 11.7 Å². The van der Waals surface area contributed by atoms with Gasteiger partial charge >= 0.3 is 0 Å². The van der Waals surface area contributed by atoms with Crippen molar-refractivity contribution in [3.8, 4) is 0 Å². The van der Waals surface area contributed by atoms with Gasteiger partial charge in [0.05, 0.1) is 0 Å². The van der Waals surface area contributed by atoms with Crippen LogP contribution in [0.3, 0.4) is 0 Å². The molecule has 2 rings (SSSR count). The zero-order valence-electron chi connectivity index (χ0n) is 12.3. The maximum atomic E-state index is 13.4. The van der Waals surface area contributed by atoms with Crippen LogP contribution in [0.15, 0.2) is 24.3 Å². The van der Waals surface area contributed by atoms with Gasteiger partial charge in [-0.3, -0.25) is 0 Å². The van der Waals surface area contributed by atoms with Crippen molar-refractivity contribution >= 4 is 0 Å². The fraction of sp³-hybridized carbons (Fsp3) is 0.625. The van der Waals surface area contributed by atoms with E-state index in [0.29, 0.717) is 12.5 Å². The smallest absolute Gasteiger partial charge is 0.167 e. The van der Waals surface area contributed by atoms with E-state index in [1.165, 1.54) is 6.07 Å². The summed E-state index contributed by atoms with van der Waals surface area (Å²) in [5, 5.41) is 0. The van der Waals surface area contributed by atoms with Crippen molar-refractivity contribution < 1.29 is 13.9 Å². The molecule has 1 aliphatic carbocycles. The Bertz CT molecular complexity index is 424. The third-order valence-corrected chi connectivity index (χ3v) is 4.64. The van der Waals surface area contributed by atoms with Crippen LogP contribution in [0.2, 0.25) is 0 Å². The molecule has 2 N–H and O–H groups in total. The molecule has 112 valence electrons. The molecule has 0 radical (unpaired) electrons. The van der Waals surface area contributed by atoms with Gasteiger partial charge in [-0.25, -0.2) is 4.39 Å². The van der Waals surface area contributed by atoms with E-state index in [9.17, 15) is 4.39 Å². The fourth-order valence-electron chi connectivity index (χ4n) is 3.31. The van der Waals surface area contributed by atoms with Crippen molar-refractivity contribution in [2.75, 3.05) is 20.8 Å². The van der Waals surface area contributed by atoms with Crippen LogP contribution in [0.1, 0.15) is 37.2 Å². The molecule has 1 saturated carbocycles. The lowest BCUT2D eigenvalue weighted by molar-refractivity contribution is -0.228. The third kappa shape index (κ3) is 3.19. The Labute approximate surface area is 120 Å². The number of halogens is 1. The minimum absolute atomic E-state index is 0.195. The Kier molecular flexibility index (Phi) is 5.13. The Morgan fingerprint density at radius 3 is 2.45 bits per heavy atom. The predicted octanol–water partition coefficient (Wildman–Crippen LogP) is 3.05. The maximum absolute atomic E-state index is 13.4. The minimum atomic E-state index is -0.447. The molecule has 1 fully saturated rings. The Morgan fingerprint density at radius 1 is 1.30 bits per heavy atom. The van der Waals surface area contributed by atoms with Gasteiger partial charge in [0.25, 0.3) is 0 Å². The zero-order chi connectivity index (χ0) is 14.6. The summed E-state index contributed by atoms with van der Waals surface area (Å²) in [5.74, 6) is 0.0231. The summed E-state index contributed by atoms with van der Waals surface area (Å²) in [6.45, 7) is 0.543. The number of nitrogens with two attached hydrogens (primary N) is 1. The molecule has 1 aromatic rings. The van der Waals surface area contributed by atoms with Gasteiger partial charge in [0, 0.05) is 27.1 Å². The SMILES string of the molecule is COC1(OC)CCC(C(CN)c2cccc(F)c2)CC1. The van der Waals surface area contributed by atoms with E-state index in [2.05, 4.69) is 0 Å². The molecule has 3 nitrogen and oxygen atoms in total. The number of benzene rings is 1. The van der Waals surface area contributed by atoms with Gasteiger partial charge in [-0.1, -0.05) is 12.1 Å². The highest BCUT2D eigenvalue weighted by Crippen LogP contribution is 2.41. The molecule has 4 heteroatoms. The monoisotopic (exact) mass is 281 g/mol. The summed E-state index contributed by atoms with van der Waals surface area (Å²) in [6.07, 6.45) is 3.69. The predicted molar refractivity (Wildman–Crippen MR) is 76.9 cm³/mol. The Balaban J connectivity index is 2.07. The van der Waals surface area contributed by atoms with E-state index >= 15 is 0 Å². The number of hydrogen-bond acceptors (Lipinski definition) is 3. The average molecular weight is 281 g/mol. The summed E-state index contributed by atoms with van der Waals surface area (Å²) < 4.78 is 24.4. The van der Waals surface area contributed by atoms with Crippen LogP contribution in [-0.4, -0.2) is 26.6 Å². The highest BCUT2D eigenvalue weighted by atomic mass is 19.1. The summed E-state index contributed by atoms with van der Waals surface area (Å²) >= 11 is 0. The zero-order valence-corrected chi connectivity index (χ0v) is 12.3. The Hall–Kier alpha value is -0.970. The van der Waals surface area contributed by atoms with E-state index in [1.807, 2.05) is 6.07 Å². The molecule has 0 spiro atoms. The molecule has 0 amide bonds. The van der Waals surface area contributed by atoms with Crippen LogP contribution in [0.4, 0.5) is 4.39 Å². The van der Waals surface area contributed by atoms with E-state index < -0.39 is 5.79 Å². The van der Waals surface area contributed by atoms with Crippen LogP contribution in [-0.2, 0) is 9.47 Å². The molecule has 0 saturated heterocycles. The second-order valence-corrected chi connectivity index (χ2v) is 5.55. The average Bonchev–Trinajstić information content (AvgIpc) is 2.49. The molecular formula is C16H24FNO2. The lowest BCUT2D eigenvalue weighted by atomic mass is 9.75. The van der Waals surface area contributed by atoms with Gasteiger partial charge in [0.15, 0.2) is 5.79 Å². The highest BCUT2D eigenvalue weighted by Gasteiger charge is 2.37. The van der Waals surface area contributed by atoms with Gasteiger partial charge in [-0.15, -0.1) is 0 Å². The maximum Gasteiger partial charge on any atom is 0.167 e. The molecule has 0 aliphatic heterocycles. The molecule has 0 aromatic heterocycles. The lowest BCUT2D eigenvalue weighted by Crippen LogP contribution is -2.40. The molecule has 0 heterocycles. The van der Waals surface area contributed by atoms with Crippen molar-refractivity contribution in [3.05, 3.63) is 35.6 Å². The number of hydrogen-bond donors (Lipinski definition) is 1. The second kappa shape index (κ2) is 6.66. The summed E-state index contributed by atoms with van der Waals surface area (Å²) in [7, 11) is 3.38. The molecule has 20 heavy (non-hydrogen) atoms. The fourth-order valence-corrected chi connectivity index (χ4v) is 3.31. The van der Waals surface area contributed by atoms with Crippen LogP contribution >= 0.6 is 0 Å². The van der Waals surface area contributed by atoms with Crippen LogP contribution in [0, 0.1) is 11.7 Å². The largest absolute Gasteiger partial charge is 0.353 e. The molecule has 0 bridgehead atoms.